The van der Waals surface area contributed by atoms with E-state index in [2.05, 4.69) is 10.3 Å². The number of rotatable bonds is 4. The maximum Gasteiger partial charge on any atom is 0.412 e. The summed E-state index contributed by atoms with van der Waals surface area (Å²) in [6.45, 7) is 2.22. The van der Waals surface area contributed by atoms with Crippen LogP contribution >= 0.6 is 0 Å². The topological polar surface area (TPSA) is 78.6 Å². The Morgan fingerprint density at radius 1 is 1.41 bits per heavy atom. The normalized spacial score (nSPS) is 18.1. The molecule has 0 saturated carbocycles. The van der Waals surface area contributed by atoms with Gasteiger partial charge in [-0.1, -0.05) is 12.1 Å². The Labute approximate surface area is 128 Å². The molecule has 1 atom stereocenters. The lowest BCUT2D eigenvalue weighted by Gasteiger charge is -2.24. The quantitative estimate of drug-likeness (QED) is 0.908. The fourth-order valence-electron chi connectivity index (χ4n) is 2.81. The van der Waals surface area contributed by atoms with E-state index in [1.165, 1.54) is 35.9 Å². The highest BCUT2D eigenvalue weighted by atomic mass is 16.4. The summed E-state index contributed by atoms with van der Waals surface area (Å²) in [6.07, 6.45) is 4.17. The van der Waals surface area contributed by atoms with Crippen molar-refractivity contribution < 1.29 is 14.3 Å². The van der Waals surface area contributed by atoms with Gasteiger partial charge in [-0.05, 0) is 43.0 Å². The zero-order valence-corrected chi connectivity index (χ0v) is 12.2. The Hall–Kier alpha value is -2.34. The van der Waals surface area contributed by atoms with Crippen molar-refractivity contribution in [2.45, 2.75) is 25.3 Å². The van der Waals surface area contributed by atoms with E-state index >= 15 is 0 Å². The lowest BCUT2D eigenvalue weighted by molar-refractivity contribution is 0.200. The number of hydrogen-bond donors (Lipinski definition) is 2. The zero-order valence-electron chi connectivity index (χ0n) is 12.2. The van der Waals surface area contributed by atoms with Crippen LogP contribution in [0.2, 0.25) is 0 Å². The van der Waals surface area contributed by atoms with Crippen LogP contribution < -0.4 is 10.2 Å². The number of carbonyl (C=O) groups is 1. The molecule has 1 fully saturated rings. The minimum atomic E-state index is -1.01. The molecule has 2 heterocycles. The molecule has 0 bridgehead atoms. The van der Waals surface area contributed by atoms with E-state index in [-0.39, 0.29) is 6.54 Å². The van der Waals surface area contributed by atoms with Gasteiger partial charge in [0.15, 0.2) is 6.39 Å². The van der Waals surface area contributed by atoms with Gasteiger partial charge >= 0.3 is 6.09 Å². The van der Waals surface area contributed by atoms with Crippen molar-refractivity contribution in [3.05, 3.63) is 48.2 Å². The van der Waals surface area contributed by atoms with Crippen LogP contribution in [0.15, 0.2) is 41.3 Å². The van der Waals surface area contributed by atoms with Crippen molar-refractivity contribution in [1.29, 1.82) is 0 Å². The molecule has 3 rings (SSSR count). The van der Waals surface area contributed by atoms with Crippen molar-refractivity contribution >= 4 is 11.8 Å². The highest BCUT2D eigenvalue weighted by Crippen LogP contribution is 2.26. The Morgan fingerprint density at radius 3 is 2.82 bits per heavy atom. The number of carboxylic acid groups (broad SMARTS) is 1. The fraction of sp³-hybridized carbons (Fsp3) is 0.375. The lowest BCUT2D eigenvalue weighted by Crippen LogP contribution is -2.29. The number of oxazole rings is 1. The van der Waals surface area contributed by atoms with Crippen molar-refractivity contribution in [3.63, 3.8) is 0 Å². The number of nitrogens with one attached hydrogen (secondary N) is 1. The number of nitrogens with zero attached hydrogens (tertiary/aromatic N) is 2. The Balaban J connectivity index is 1.75. The number of benzene rings is 1. The molecule has 6 heteroatoms. The van der Waals surface area contributed by atoms with Crippen molar-refractivity contribution in [1.82, 2.24) is 10.3 Å². The maximum absolute atomic E-state index is 11.5. The first kappa shape index (κ1) is 14.6. The molecular formula is C16H19N3O3. The summed E-state index contributed by atoms with van der Waals surface area (Å²) in [6, 6.07) is 7.75. The average Bonchev–Trinajstić information content (AvgIpc) is 3.07. The molecule has 0 unspecified atom stereocenters. The van der Waals surface area contributed by atoms with E-state index < -0.39 is 6.09 Å². The SMILES string of the molecule is O=C(O)N(Cc1cnco1)c1ccc([C@H]2CCCNC2)cc1. The summed E-state index contributed by atoms with van der Waals surface area (Å²) < 4.78 is 5.13. The lowest BCUT2D eigenvalue weighted by atomic mass is 9.91. The minimum absolute atomic E-state index is 0.152. The van der Waals surface area contributed by atoms with Gasteiger partial charge in [-0.25, -0.2) is 9.78 Å². The molecule has 1 aliphatic rings. The monoisotopic (exact) mass is 301 g/mol. The molecule has 1 aromatic carbocycles. The van der Waals surface area contributed by atoms with Gasteiger partial charge in [0.1, 0.15) is 5.76 Å². The smallest absolute Gasteiger partial charge is 0.412 e. The summed E-state index contributed by atoms with van der Waals surface area (Å²) >= 11 is 0. The molecule has 2 N–H and O–H groups in total. The second-order valence-corrected chi connectivity index (χ2v) is 5.47. The Bertz CT molecular complexity index is 604. The highest BCUT2D eigenvalue weighted by molar-refractivity contribution is 5.85. The predicted molar refractivity (Wildman–Crippen MR) is 82.0 cm³/mol. The van der Waals surface area contributed by atoms with Gasteiger partial charge in [-0.2, -0.15) is 0 Å². The number of anilines is 1. The molecule has 0 aliphatic carbocycles. The van der Waals surface area contributed by atoms with Crippen LogP contribution in [0.3, 0.4) is 0 Å². The molecule has 1 aliphatic heterocycles. The summed E-state index contributed by atoms with van der Waals surface area (Å²) in [4.78, 5) is 16.5. The molecule has 1 amide bonds. The fourth-order valence-corrected chi connectivity index (χ4v) is 2.81. The zero-order chi connectivity index (χ0) is 15.4. The second-order valence-electron chi connectivity index (χ2n) is 5.47. The first-order valence-electron chi connectivity index (χ1n) is 7.42. The molecule has 22 heavy (non-hydrogen) atoms. The Kier molecular flexibility index (Phi) is 4.39. The summed E-state index contributed by atoms with van der Waals surface area (Å²) in [7, 11) is 0. The van der Waals surface area contributed by atoms with Crippen LogP contribution in [-0.2, 0) is 6.54 Å². The van der Waals surface area contributed by atoms with E-state index in [0.29, 0.717) is 17.4 Å². The number of aromatic nitrogens is 1. The molecule has 2 aromatic rings. The Morgan fingerprint density at radius 2 is 2.23 bits per heavy atom. The van der Waals surface area contributed by atoms with Crippen LogP contribution in [-0.4, -0.2) is 29.3 Å². The summed E-state index contributed by atoms with van der Waals surface area (Å²) in [5.74, 6) is 1.03. The third kappa shape index (κ3) is 3.28. The van der Waals surface area contributed by atoms with E-state index in [9.17, 15) is 9.90 Å². The number of amides is 1. The van der Waals surface area contributed by atoms with Gasteiger partial charge in [0.2, 0.25) is 0 Å². The highest BCUT2D eigenvalue weighted by Gasteiger charge is 2.18. The van der Waals surface area contributed by atoms with Crippen LogP contribution in [0, 0.1) is 0 Å². The van der Waals surface area contributed by atoms with E-state index in [0.717, 1.165) is 13.1 Å². The third-order valence-electron chi connectivity index (χ3n) is 4.00. The van der Waals surface area contributed by atoms with Crippen LogP contribution in [0.1, 0.15) is 30.1 Å². The van der Waals surface area contributed by atoms with E-state index in [1.54, 1.807) is 0 Å². The first-order chi connectivity index (χ1) is 10.7. The predicted octanol–water partition coefficient (Wildman–Crippen LogP) is 2.83. The largest absolute Gasteiger partial charge is 0.465 e. The van der Waals surface area contributed by atoms with Crippen LogP contribution in [0.4, 0.5) is 10.5 Å². The van der Waals surface area contributed by atoms with Crippen LogP contribution in [0.5, 0.6) is 0 Å². The molecule has 1 aromatic heterocycles. The van der Waals surface area contributed by atoms with Gasteiger partial charge in [0, 0.05) is 12.2 Å². The van der Waals surface area contributed by atoms with Crippen molar-refractivity contribution in [2.24, 2.45) is 0 Å². The average molecular weight is 301 g/mol. The summed E-state index contributed by atoms with van der Waals surface area (Å²) in [5, 5.41) is 12.8. The molecule has 0 radical (unpaired) electrons. The van der Waals surface area contributed by atoms with E-state index in [1.807, 2.05) is 24.3 Å². The van der Waals surface area contributed by atoms with Gasteiger partial charge in [-0.3, -0.25) is 4.90 Å². The molecule has 6 nitrogen and oxygen atoms in total. The maximum atomic E-state index is 11.5. The minimum Gasteiger partial charge on any atom is -0.465 e. The summed E-state index contributed by atoms with van der Waals surface area (Å²) in [5.41, 5.74) is 1.89. The van der Waals surface area contributed by atoms with Gasteiger partial charge in [0.05, 0.1) is 12.7 Å². The van der Waals surface area contributed by atoms with Gasteiger partial charge in [-0.15, -0.1) is 0 Å². The second kappa shape index (κ2) is 6.62. The van der Waals surface area contributed by atoms with Crippen LogP contribution in [0.25, 0.3) is 0 Å². The molecule has 1 saturated heterocycles. The third-order valence-corrected chi connectivity index (χ3v) is 4.00. The van der Waals surface area contributed by atoms with Crippen molar-refractivity contribution in [2.75, 3.05) is 18.0 Å². The first-order valence-corrected chi connectivity index (χ1v) is 7.42. The molecular weight excluding hydrogens is 282 g/mol. The van der Waals surface area contributed by atoms with Gasteiger partial charge < -0.3 is 14.8 Å². The standard InChI is InChI=1S/C16H19N3O3/c20-16(21)19(10-15-9-18-11-22-15)14-5-3-12(4-6-14)13-2-1-7-17-8-13/h3-6,9,11,13,17H,1-2,7-8,10H2,(H,20,21)/t13-/m0/s1. The van der Waals surface area contributed by atoms with Crippen molar-refractivity contribution in [3.8, 4) is 0 Å². The number of hydrogen-bond acceptors (Lipinski definition) is 4. The molecule has 0 spiro atoms. The number of piperidine rings is 1. The molecule has 116 valence electrons. The van der Waals surface area contributed by atoms with Gasteiger partial charge in [0.25, 0.3) is 0 Å². The van der Waals surface area contributed by atoms with E-state index in [4.69, 9.17) is 4.42 Å².